The standard InChI is InChI=1S/C15H18BrN3/c1-10-7-8-19-15(17)14(10)13(18-2)9-11-5-3-4-6-12(11)16/h3-8,13,18H,9H2,1-2H3,(H2,17,19). The van der Waals surface area contributed by atoms with E-state index in [4.69, 9.17) is 5.73 Å². The minimum atomic E-state index is 0.160. The normalized spacial score (nSPS) is 12.4. The second-order valence-corrected chi connectivity index (χ2v) is 5.42. The number of hydrogen-bond donors (Lipinski definition) is 2. The first-order valence-electron chi connectivity index (χ1n) is 6.25. The monoisotopic (exact) mass is 319 g/mol. The lowest BCUT2D eigenvalue weighted by molar-refractivity contribution is 0.588. The molecule has 1 aromatic carbocycles. The molecule has 0 spiro atoms. The van der Waals surface area contributed by atoms with E-state index in [9.17, 15) is 0 Å². The molecule has 0 saturated carbocycles. The third kappa shape index (κ3) is 3.14. The Morgan fingerprint density at radius 3 is 2.68 bits per heavy atom. The molecule has 3 nitrogen and oxygen atoms in total. The van der Waals surface area contributed by atoms with E-state index < -0.39 is 0 Å². The van der Waals surface area contributed by atoms with Gasteiger partial charge in [-0.3, -0.25) is 0 Å². The van der Waals surface area contributed by atoms with Crippen molar-refractivity contribution in [2.45, 2.75) is 19.4 Å². The van der Waals surface area contributed by atoms with Crippen LogP contribution in [-0.2, 0) is 6.42 Å². The number of hydrogen-bond acceptors (Lipinski definition) is 3. The van der Waals surface area contributed by atoms with E-state index in [1.54, 1.807) is 6.20 Å². The van der Waals surface area contributed by atoms with Gasteiger partial charge in [0.15, 0.2) is 0 Å². The van der Waals surface area contributed by atoms with Crippen LogP contribution in [-0.4, -0.2) is 12.0 Å². The number of halogens is 1. The highest BCUT2D eigenvalue weighted by atomic mass is 79.9. The molecular formula is C15H18BrN3. The van der Waals surface area contributed by atoms with E-state index >= 15 is 0 Å². The highest BCUT2D eigenvalue weighted by Crippen LogP contribution is 2.28. The number of nitrogen functional groups attached to an aromatic ring is 1. The molecule has 19 heavy (non-hydrogen) atoms. The minimum Gasteiger partial charge on any atom is -0.383 e. The van der Waals surface area contributed by atoms with E-state index in [2.05, 4.69) is 45.3 Å². The van der Waals surface area contributed by atoms with Crippen LogP contribution in [0.1, 0.15) is 22.7 Å². The smallest absolute Gasteiger partial charge is 0.128 e. The van der Waals surface area contributed by atoms with Crippen molar-refractivity contribution in [2.75, 3.05) is 12.8 Å². The molecule has 0 amide bonds. The van der Waals surface area contributed by atoms with Gasteiger partial charge in [0, 0.05) is 22.3 Å². The fraction of sp³-hybridized carbons (Fsp3) is 0.267. The number of anilines is 1. The summed E-state index contributed by atoms with van der Waals surface area (Å²) in [5.41, 5.74) is 9.53. The summed E-state index contributed by atoms with van der Waals surface area (Å²) in [6.45, 7) is 2.07. The molecule has 1 heterocycles. The van der Waals surface area contributed by atoms with Gasteiger partial charge >= 0.3 is 0 Å². The molecule has 0 radical (unpaired) electrons. The van der Waals surface area contributed by atoms with Gasteiger partial charge in [-0.15, -0.1) is 0 Å². The molecule has 1 atom stereocenters. The summed E-state index contributed by atoms with van der Waals surface area (Å²) in [5.74, 6) is 0.603. The Kier molecular flexibility index (Phi) is 4.56. The van der Waals surface area contributed by atoms with Crippen LogP contribution in [0.2, 0.25) is 0 Å². The lowest BCUT2D eigenvalue weighted by atomic mass is 9.96. The third-order valence-electron chi connectivity index (χ3n) is 3.32. The molecule has 100 valence electrons. The fourth-order valence-corrected chi connectivity index (χ4v) is 2.72. The zero-order chi connectivity index (χ0) is 13.8. The predicted octanol–water partition coefficient (Wildman–Crippen LogP) is 3.24. The van der Waals surface area contributed by atoms with Crippen LogP contribution >= 0.6 is 15.9 Å². The Morgan fingerprint density at radius 1 is 1.32 bits per heavy atom. The number of pyridine rings is 1. The van der Waals surface area contributed by atoms with Crippen molar-refractivity contribution in [3.63, 3.8) is 0 Å². The van der Waals surface area contributed by atoms with Crippen LogP contribution in [0, 0.1) is 6.92 Å². The first-order chi connectivity index (χ1) is 9.13. The fourth-order valence-electron chi connectivity index (χ4n) is 2.28. The Morgan fingerprint density at radius 2 is 2.05 bits per heavy atom. The number of nitrogens with one attached hydrogen (secondary N) is 1. The molecule has 1 unspecified atom stereocenters. The molecule has 0 bridgehead atoms. The van der Waals surface area contributed by atoms with Crippen LogP contribution in [0.3, 0.4) is 0 Å². The number of likely N-dealkylation sites (N-methyl/N-ethyl adjacent to an activating group) is 1. The van der Waals surface area contributed by atoms with Crippen LogP contribution in [0.15, 0.2) is 41.0 Å². The van der Waals surface area contributed by atoms with Crippen LogP contribution in [0.4, 0.5) is 5.82 Å². The molecule has 0 aliphatic carbocycles. The van der Waals surface area contributed by atoms with E-state index in [1.807, 2.05) is 25.2 Å². The maximum absolute atomic E-state index is 6.03. The quantitative estimate of drug-likeness (QED) is 0.909. The van der Waals surface area contributed by atoms with E-state index in [1.165, 1.54) is 11.1 Å². The summed E-state index contributed by atoms with van der Waals surface area (Å²) in [6, 6.07) is 10.4. The number of aromatic nitrogens is 1. The van der Waals surface area contributed by atoms with Crippen LogP contribution in [0.25, 0.3) is 0 Å². The van der Waals surface area contributed by atoms with Crippen molar-refractivity contribution in [1.29, 1.82) is 0 Å². The first-order valence-corrected chi connectivity index (χ1v) is 7.04. The van der Waals surface area contributed by atoms with Crippen molar-refractivity contribution in [3.8, 4) is 0 Å². The topological polar surface area (TPSA) is 50.9 Å². The van der Waals surface area contributed by atoms with Gasteiger partial charge in [0.05, 0.1) is 0 Å². The highest BCUT2D eigenvalue weighted by Gasteiger charge is 2.17. The van der Waals surface area contributed by atoms with Gasteiger partial charge in [0.1, 0.15) is 5.82 Å². The zero-order valence-electron chi connectivity index (χ0n) is 11.2. The second-order valence-electron chi connectivity index (χ2n) is 4.56. The zero-order valence-corrected chi connectivity index (χ0v) is 12.7. The lowest BCUT2D eigenvalue weighted by Gasteiger charge is -2.20. The maximum atomic E-state index is 6.03. The molecule has 2 rings (SSSR count). The molecular weight excluding hydrogens is 302 g/mol. The highest BCUT2D eigenvalue weighted by molar-refractivity contribution is 9.10. The van der Waals surface area contributed by atoms with Gasteiger partial charge in [-0.1, -0.05) is 34.1 Å². The Hall–Kier alpha value is -1.39. The van der Waals surface area contributed by atoms with Crippen LogP contribution < -0.4 is 11.1 Å². The number of nitrogens with two attached hydrogens (primary N) is 1. The Labute approximate surface area is 122 Å². The third-order valence-corrected chi connectivity index (χ3v) is 4.09. The van der Waals surface area contributed by atoms with Gasteiger partial charge in [-0.05, 0) is 43.7 Å². The molecule has 4 heteroatoms. The number of aryl methyl sites for hydroxylation is 1. The predicted molar refractivity (Wildman–Crippen MR) is 83.0 cm³/mol. The van der Waals surface area contributed by atoms with Crippen molar-refractivity contribution in [1.82, 2.24) is 10.3 Å². The largest absolute Gasteiger partial charge is 0.383 e. The van der Waals surface area contributed by atoms with Crippen molar-refractivity contribution in [2.24, 2.45) is 0 Å². The lowest BCUT2D eigenvalue weighted by Crippen LogP contribution is -2.21. The molecule has 0 aliphatic heterocycles. The number of rotatable bonds is 4. The average molecular weight is 320 g/mol. The van der Waals surface area contributed by atoms with Gasteiger partial charge in [0.2, 0.25) is 0 Å². The first kappa shape index (κ1) is 14.0. The van der Waals surface area contributed by atoms with Gasteiger partial charge < -0.3 is 11.1 Å². The van der Waals surface area contributed by atoms with E-state index in [0.29, 0.717) is 5.82 Å². The number of nitrogens with zero attached hydrogens (tertiary/aromatic N) is 1. The molecule has 0 saturated heterocycles. The molecule has 0 aliphatic rings. The second kappa shape index (κ2) is 6.17. The van der Waals surface area contributed by atoms with E-state index in [-0.39, 0.29) is 6.04 Å². The molecule has 1 aromatic heterocycles. The summed E-state index contributed by atoms with van der Waals surface area (Å²) < 4.78 is 1.12. The summed E-state index contributed by atoms with van der Waals surface area (Å²) in [5, 5.41) is 3.33. The summed E-state index contributed by atoms with van der Waals surface area (Å²) in [7, 11) is 1.95. The van der Waals surface area contributed by atoms with Gasteiger partial charge in [-0.25, -0.2) is 4.98 Å². The maximum Gasteiger partial charge on any atom is 0.128 e. The summed E-state index contributed by atoms with van der Waals surface area (Å²) in [6.07, 6.45) is 2.62. The minimum absolute atomic E-state index is 0.160. The number of benzene rings is 1. The summed E-state index contributed by atoms with van der Waals surface area (Å²) >= 11 is 3.59. The Balaban J connectivity index is 2.34. The van der Waals surface area contributed by atoms with Gasteiger partial charge in [-0.2, -0.15) is 0 Å². The van der Waals surface area contributed by atoms with Crippen molar-refractivity contribution >= 4 is 21.7 Å². The van der Waals surface area contributed by atoms with Crippen molar-refractivity contribution in [3.05, 3.63) is 57.7 Å². The summed E-state index contributed by atoms with van der Waals surface area (Å²) in [4.78, 5) is 4.20. The Bertz CT molecular complexity index is 549. The van der Waals surface area contributed by atoms with Crippen LogP contribution in [0.5, 0.6) is 0 Å². The molecule has 2 aromatic rings. The van der Waals surface area contributed by atoms with Crippen molar-refractivity contribution < 1.29 is 0 Å². The van der Waals surface area contributed by atoms with E-state index in [0.717, 1.165) is 16.5 Å². The van der Waals surface area contributed by atoms with Gasteiger partial charge in [0.25, 0.3) is 0 Å². The average Bonchev–Trinajstić information content (AvgIpc) is 2.39. The SMILES string of the molecule is CNC(Cc1ccccc1Br)c1c(C)ccnc1N. The molecule has 0 fully saturated rings. The molecule has 3 N–H and O–H groups in total.